The lowest BCUT2D eigenvalue weighted by atomic mass is 10.4. The Morgan fingerprint density at radius 2 is 2.07 bits per heavy atom. The van der Waals surface area contributed by atoms with E-state index >= 15 is 0 Å². The monoisotopic (exact) mass is 242 g/mol. The molecule has 14 heavy (non-hydrogen) atoms. The van der Waals surface area contributed by atoms with Gasteiger partial charge in [0.1, 0.15) is 0 Å². The molecule has 5 nitrogen and oxygen atoms in total. The van der Waals surface area contributed by atoms with Crippen molar-refractivity contribution in [3.05, 3.63) is 0 Å². The number of nitrogens with one attached hydrogen (secondary N) is 2. The van der Waals surface area contributed by atoms with E-state index < -0.39 is 6.80 Å². The fourth-order valence-corrected chi connectivity index (χ4v) is 3.29. The molecule has 0 aliphatic heterocycles. The first-order chi connectivity index (χ1) is 6.49. The van der Waals surface area contributed by atoms with Gasteiger partial charge in [0.2, 0.25) is 0 Å². The molecule has 0 saturated carbocycles. The molecule has 0 aliphatic rings. The Morgan fingerprint density at radius 1 is 1.43 bits per heavy atom. The van der Waals surface area contributed by atoms with E-state index in [0.29, 0.717) is 17.8 Å². The van der Waals surface area contributed by atoms with Crippen LogP contribution < -0.4 is 10.6 Å². The van der Waals surface area contributed by atoms with Crippen LogP contribution in [0.5, 0.6) is 0 Å². The second kappa shape index (κ2) is 7.68. The van der Waals surface area contributed by atoms with E-state index in [0.717, 1.165) is 19.5 Å². The summed E-state index contributed by atoms with van der Waals surface area (Å²) in [5.74, 6) is 0. The lowest BCUT2D eigenvalue weighted by molar-refractivity contribution is 0.396. The molecule has 86 valence electrons. The quantitative estimate of drug-likeness (QED) is 0.286. The van der Waals surface area contributed by atoms with E-state index in [1.54, 1.807) is 0 Å². The standard InChI is InChI=1S/C7H19N2O3PS/c1-3-7(14-13(10,11)12)9-6-4-5-8-2/h7-9H,3-6H2,1-2H3,(H2,10,11,12). The SMILES string of the molecule is CCC(NCCCNC)SP(=O)(O)O. The van der Waals surface area contributed by atoms with Gasteiger partial charge in [-0.3, -0.25) is 0 Å². The molecule has 0 heterocycles. The number of hydrogen-bond acceptors (Lipinski definition) is 4. The molecule has 0 bridgehead atoms. The summed E-state index contributed by atoms with van der Waals surface area (Å²) in [5, 5.41) is 5.94. The molecule has 4 N–H and O–H groups in total. The molecule has 0 saturated heterocycles. The highest BCUT2D eigenvalue weighted by Gasteiger charge is 2.20. The van der Waals surface area contributed by atoms with Crippen molar-refractivity contribution < 1.29 is 14.4 Å². The van der Waals surface area contributed by atoms with Gasteiger partial charge in [0.15, 0.2) is 0 Å². The number of hydrogen-bond donors (Lipinski definition) is 4. The van der Waals surface area contributed by atoms with Crippen LogP contribution in [-0.2, 0) is 4.57 Å². The molecule has 1 atom stereocenters. The Hall–Kier alpha value is 0.420. The van der Waals surface area contributed by atoms with Gasteiger partial charge >= 0.3 is 6.80 Å². The van der Waals surface area contributed by atoms with Crippen LogP contribution in [0, 0.1) is 0 Å². The van der Waals surface area contributed by atoms with Crippen molar-refractivity contribution in [2.24, 2.45) is 0 Å². The summed E-state index contributed by atoms with van der Waals surface area (Å²) in [6.45, 7) is -0.377. The molecule has 0 radical (unpaired) electrons. The minimum Gasteiger partial charge on any atom is -0.320 e. The van der Waals surface area contributed by atoms with E-state index in [1.165, 1.54) is 0 Å². The van der Waals surface area contributed by atoms with Crippen LogP contribution in [0.1, 0.15) is 19.8 Å². The highest BCUT2D eigenvalue weighted by Crippen LogP contribution is 2.52. The van der Waals surface area contributed by atoms with Gasteiger partial charge in [-0.2, -0.15) is 0 Å². The van der Waals surface area contributed by atoms with E-state index in [-0.39, 0.29) is 5.37 Å². The van der Waals surface area contributed by atoms with Crippen LogP contribution >= 0.6 is 18.2 Å². The molecule has 0 aliphatic carbocycles. The normalized spacial score (nSPS) is 14.3. The van der Waals surface area contributed by atoms with Crippen molar-refractivity contribution in [1.82, 2.24) is 10.6 Å². The second-order valence-electron chi connectivity index (χ2n) is 2.90. The van der Waals surface area contributed by atoms with Gasteiger partial charge in [-0.05, 0) is 44.4 Å². The van der Waals surface area contributed by atoms with Crippen molar-refractivity contribution in [1.29, 1.82) is 0 Å². The lowest BCUT2D eigenvalue weighted by Gasteiger charge is -2.16. The van der Waals surface area contributed by atoms with Crippen molar-refractivity contribution in [3.8, 4) is 0 Å². The Labute approximate surface area is 89.0 Å². The Bertz CT molecular complexity index is 188. The van der Waals surface area contributed by atoms with Gasteiger partial charge in [0.05, 0.1) is 5.37 Å². The average Bonchev–Trinajstić information content (AvgIpc) is 2.08. The molecule has 0 spiro atoms. The first-order valence-electron chi connectivity index (χ1n) is 4.61. The predicted octanol–water partition coefficient (Wildman–Crippen LogP) is 0.747. The van der Waals surface area contributed by atoms with Crippen molar-refractivity contribution in [2.45, 2.75) is 25.1 Å². The van der Waals surface area contributed by atoms with E-state index in [4.69, 9.17) is 9.79 Å². The maximum absolute atomic E-state index is 10.7. The fourth-order valence-electron chi connectivity index (χ4n) is 0.950. The lowest BCUT2D eigenvalue weighted by Crippen LogP contribution is -2.27. The maximum atomic E-state index is 10.7. The van der Waals surface area contributed by atoms with Crippen molar-refractivity contribution in [3.63, 3.8) is 0 Å². The maximum Gasteiger partial charge on any atom is 0.385 e. The van der Waals surface area contributed by atoms with Crippen molar-refractivity contribution >= 4 is 18.2 Å². The van der Waals surface area contributed by atoms with Crippen LogP contribution in [0.4, 0.5) is 0 Å². The molecule has 0 aromatic rings. The second-order valence-corrected chi connectivity index (χ2v) is 6.72. The van der Waals surface area contributed by atoms with Gasteiger partial charge in [0.25, 0.3) is 0 Å². The van der Waals surface area contributed by atoms with Crippen LogP contribution in [0.2, 0.25) is 0 Å². The molecule has 0 aromatic carbocycles. The zero-order valence-electron chi connectivity index (χ0n) is 8.56. The molecule has 0 fully saturated rings. The minimum absolute atomic E-state index is 0.160. The van der Waals surface area contributed by atoms with Gasteiger partial charge < -0.3 is 20.4 Å². The summed E-state index contributed by atoms with van der Waals surface area (Å²) in [6, 6.07) is 0. The average molecular weight is 242 g/mol. The number of rotatable bonds is 8. The predicted molar refractivity (Wildman–Crippen MR) is 60.3 cm³/mol. The molecule has 7 heteroatoms. The molecule has 1 unspecified atom stereocenters. The van der Waals surface area contributed by atoms with Gasteiger partial charge in [-0.25, -0.2) is 4.57 Å². The van der Waals surface area contributed by atoms with Gasteiger partial charge in [-0.1, -0.05) is 6.92 Å². The summed E-state index contributed by atoms with van der Waals surface area (Å²) >= 11 is 0.695. The zero-order valence-corrected chi connectivity index (χ0v) is 10.3. The topological polar surface area (TPSA) is 81.6 Å². The Morgan fingerprint density at radius 3 is 2.50 bits per heavy atom. The van der Waals surface area contributed by atoms with E-state index in [2.05, 4.69) is 10.6 Å². The molecular formula is C7H19N2O3PS. The summed E-state index contributed by atoms with van der Waals surface area (Å²) in [7, 11) is 1.88. The Balaban J connectivity index is 3.64. The molecule has 0 aromatic heterocycles. The van der Waals surface area contributed by atoms with Crippen LogP contribution in [0.15, 0.2) is 0 Å². The first-order valence-corrected chi connectivity index (χ1v) is 7.71. The summed E-state index contributed by atoms with van der Waals surface area (Å²) in [6.07, 6.45) is 1.66. The highest BCUT2D eigenvalue weighted by molar-refractivity contribution is 8.54. The fraction of sp³-hybridized carbons (Fsp3) is 1.00. The zero-order chi connectivity index (χ0) is 11.0. The van der Waals surface area contributed by atoms with Gasteiger partial charge in [-0.15, -0.1) is 0 Å². The smallest absolute Gasteiger partial charge is 0.320 e. The van der Waals surface area contributed by atoms with E-state index in [9.17, 15) is 4.57 Å². The summed E-state index contributed by atoms with van der Waals surface area (Å²) < 4.78 is 10.7. The van der Waals surface area contributed by atoms with E-state index in [1.807, 2.05) is 14.0 Å². The Kier molecular flexibility index (Phi) is 7.91. The first kappa shape index (κ1) is 14.4. The third-order valence-corrected chi connectivity index (χ3v) is 4.23. The third kappa shape index (κ3) is 8.99. The summed E-state index contributed by atoms with van der Waals surface area (Å²) in [5.41, 5.74) is 0. The molecule has 0 amide bonds. The van der Waals surface area contributed by atoms with Crippen LogP contribution in [0.3, 0.4) is 0 Å². The van der Waals surface area contributed by atoms with Crippen LogP contribution in [0.25, 0.3) is 0 Å². The molecular weight excluding hydrogens is 223 g/mol. The van der Waals surface area contributed by atoms with Crippen LogP contribution in [-0.4, -0.2) is 35.3 Å². The summed E-state index contributed by atoms with van der Waals surface area (Å²) in [4.78, 5) is 17.5. The largest absolute Gasteiger partial charge is 0.385 e. The minimum atomic E-state index is -3.96. The molecule has 0 rings (SSSR count). The third-order valence-electron chi connectivity index (χ3n) is 1.61. The van der Waals surface area contributed by atoms with Crippen molar-refractivity contribution in [2.75, 3.05) is 20.1 Å². The van der Waals surface area contributed by atoms with Gasteiger partial charge in [0, 0.05) is 0 Å². The highest BCUT2D eigenvalue weighted by atomic mass is 32.7.